The molecule has 0 saturated heterocycles. The summed E-state index contributed by atoms with van der Waals surface area (Å²) >= 11 is 0. The van der Waals surface area contributed by atoms with Gasteiger partial charge in [0.2, 0.25) is 0 Å². The van der Waals surface area contributed by atoms with Crippen LogP contribution in [0.1, 0.15) is 22.3 Å². The zero-order chi connectivity index (χ0) is 47.8. The van der Waals surface area contributed by atoms with Crippen molar-refractivity contribution >= 4 is 27.8 Å². The highest BCUT2D eigenvalue weighted by Crippen LogP contribution is 2.58. The third-order valence-electron chi connectivity index (χ3n) is 14.8. The van der Waals surface area contributed by atoms with E-state index in [4.69, 9.17) is 0 Å². The van der Waals surface area contributed by atoms with Crippen LogP contribution in [0.15, 0.2) is 297 Å². The molecule has 1 aliphatic carbocycles. The highest BCUT2D eigenvalue weighted by atomic mass is 15.1. The van der Waals surface area contributed by atoms with E-state index in [-0.39, 0.29) is 0 Å². The van der Waals surface area contributed by atoms with Crippen molar-refractivity contribution in [1.82, 2.24) is 0 Å². The molecule has 72 heavy (non-hydrogen) atoms. The van der Waals surface area contributed by atoms with Crippen LogP contribution in [0.2, 0.25) is 0 Å². The molecular formula is C71H49N. The molecule has 0 spiro atoms. The van der Waals surface area contributed by atoms with Crippen molar-refractivity contribution in [2.45, 2.75) is 5.41 Å². The average molecular weight is 916 g/mol. The molecule has 0 N–H and O–H groups in total. The van der Waals surface area contributed by atoms with Gasteiger partial charge in [0, 0.05) is 16.9 Å². The molecule has 0 radical (unpaired) electrons. The van der Waals surface area contributed by atoms with Crippen LogP contribution in [0.4, 0.5) is 17.1 Å². The molecule has 0 bridgehead atoms. The van der Waals surface area contributed by atoms with Gasteiger partial charge in [0.15, 0.2) is 0 Å². The number of benzene rings is 12. The molecule has 0 heterocycles. The Balaban J connectivity index is 0.914. The van der Waals surface area contributed by atoms with Crippen LogP contribution >= 0.6 is 0 Å². The smallest absolute Gasteiger partial charge is 0.0713 e. The Bertz CT molecular complexity index is 3840. The van der Waals surface area contributed by atoms with Crippen LogP contribution in [-0.4, -0.2) is 0 Å². The first kappa shape index (κ1) is 42.8. The normalized spacial score (nSPS) is 12.3. The van der Waals surface area contributed by atoms with Gasteiger partial charge in [0.1, 0.15) is 0 Å². The summed E-state index contributed by atoms with van der Waals surface area (Å²) < 4.78 is 0. The van der Waals surface area contributed by atoms with Gasteiger partial charge in [-0.1, -0.05) is 255 Å². The maximum Gasteiger partial charge on any atom is 0.0713 e. The van der Waals surface area contributed by atoms with Gasteiger partial charge in [0.05, 0.1) is 11.1 Å². The number of hydrogen-bond donors (Lipinski definition) is 0. The topological polar surface area (TPSA) is 3.24 Å². The van der Waals surface area contributed by atoms with E-state index in [1.165, 1.54) is 88.7 Å². The lowest BCUT2D eigenvalue weighted by Crippen LogP contribution is -2.28. The lowest BCUT2D eigenvalue weighted by molar-refractivity contribution is 0.768. The number of fused-ring (bicyclic) bond motifs is 4. The van der Waals surface area contributed by atoms with Crippen molar-refractivity contribution < 1.29 is 0 Å². The van der Waals surface area contributed by atoms with Crippen molar-refractivity contribution in [3.8, 4) is 66.8 Å². The summed E-state index contributed by atoms with van der Waals surface area (Å²) in [6.45, 7) is 0. The molecule has 0 atom stereocenters. The molecule has 1 nitrogen and oxygen atoms in total. The van der Waals surface area contributed by atoms with Crippen LogP contribution in [0, 0.1) is 0 Å². The first-order valence-corrected chi connectivity index (χ1v) is 24.9. The third-order valence-corrected chi connectivity index (χ3v) is 14.8. The maximum absolute atomic E-state index is 2.42. The predicted molar refractivity (Wildman–Crippen MR) is 303 cm³/mol. The molecule has 0 unspecified atom stereocenters. The second-order valence-corrected chi connectivity index (χ2v) is 18.8. The van der Waals surface area contributed by atoms with Crippen molar-refractivity contribution in [2.75, 3.05) is 4.90 Å². The van der Waals surface area contributed by atoms with E-state index in [9.17, 15) is 0 Å². The minimum Gasteiger partial charge on any atom is -0.310 e. The molecule has 12 aromatic rings. The van der Waals surface area contributed by atoms with E-state index >= 15 is 0 Å². The zero-order valence-corrected chi connectivity index (χ0v) is 39.7. The second kappa shape index (κ2) is 18.2. The van der Waals surface area contributed by atoms with Crippen LogP contribution in [0.5, 0.6) is 0 Å². The fraction of sp³-hybridized carbons (Fsp3) is 0.0141. The van der Waals surface area contributed by atoms with E-state index < -0.39 is 5.41 Å². The number of nitrogens with zero attached hydrogens (tertiary/aromatic N) is 1. The molecule has 0 saturated carbocycles. The van der Waals surface area contributed by atoms with Crippen molar-refractivity contribution in [3.63, 3.8) is 0 Å². The Morgan fingerprint density at radius 2 is 0.667 bits per heavy atom. The van der Waals surface area contributed by atoms with Crippen molar-refractivity contribution in [2.24, 2.45) is 0 Å². The van der Waals surface area contributed by atoms with E-state index in [0.29, 0.717) is 0 Å². The summed E-state index contributed by atoms with van der Waals surface area (Å²) in [4.78, 5) is 2.42. The summed E-state index contributed by atoms with van der Waals surface area (Å²) in [5.74, 6) is 0. The van der Waals surface area contributed by atoms with Gasteiger partial charge in [-0.05, 0) is 137 Å². The lowest BCUT2D eigenvalue weighted by atomic mass is 9.67. The quantitative estimate of drug-likeness (QED) is 0.132. The molecule has 0 amide bonds. The molecule has 12 aromatic carbocycles. The molecule has 0 aromatic heterocycles. The average Bonchev–Trinajstić information content (AvgIpc) is 3.78. The summed E-state index contributed by atoms with van der Waals surface area (Å²) in [7, 11) is 0. The molecule has 0 aliphatic heterocycles. The van der Waals surface area contributed by atoms with Gasteiger partial charge in [-0.3, -0.25) is 0 Å². The highest BCUT2D eigenvalue weighted by Gasteiger charge is 2.46. The summed E-state index contributed by atoms with van der Waals surface area (Å²) in [5.41, 5.74) is 22.4. The molecule has 1 aliphatic rings. The minimum absolute atomic E-state index is 0.464. The first-order chi connectivity index (χ1) is 35.7. The monoisotopic (exact) mass is 915 g/mol. The van der Waals surface area contributed by atoms with Gasteiger partial charge >= 0.3 is 0 Å². The van der Waals surface area contributed by atoms with Gasteiger partial charge in [-0.2, -0.15) is 0 Å². The largest absolute Gasteiger partial charge is 0.310 e. The molecule has 0 fully saturated rings. The molecule has 13 rings (SSSR count). The second-order valence-electron chi connectivity index (χ2n) is 18.8. The van der Waals surface area contributed by atoms with Gasteiger partial charge < -0.3 is 4.90 Å². The minimum atomic E-state index is -0.464. The molecule has 1 heteroatoms. The number of para-hydroxylation sites is 1. The zero-order valence-electron chi connectivity index (χ0n) is 39.7. The Morgan fingerprint density at radius 1 is 0.236 bits per heavy atom. The Morgan fingerprint density at radius 3 is 1.35 bits per heavy atom. The third kappa shape index (κ3) is 7.42. The number of anilines is 3. The van der Waals surface area contributed by atoms with Gasteiger partial charge in [-0.25, -0.2) is 0 Å². The van der Waals surface area contributed by atoms with E-state index in [1.807, 2.05) is 0 Å². The van der Waals surface area contributed by atoms with Crippen LogP contribution < -0.4 is 4.90 Å². The van der Waals surface area contributed by atoms with E-state index in [1.54, 1.807) is 0 Å². The summed E-state index contributed by atoms with van der Waals surface area (Å²) in [5, 5.41) is 2.51. The molecular weight excluding hydrogens is 867 g/mol. The first-order valence-electron chi connectivity index (χ1n) is 24.9. The summed E-state index contributed by atoms with van der Waals surface area (Å²) in [6.07, 6.45) is 0. The van der Waals surface area contributed by atoms with Crippen molar-refractivity contribution in [1.29, 1.82) is 0 Å². The maximum atomic E-state index is 2.42. The van der Waals surface area contributed by atoms with E-state index in [2.05, 4.69) is 302 Å². The van der Waals surface area contributed by atoms with Gasteiger partial charge in [-0.15, -0.1) is 0 Å². The van der Waals surface area contributed by atoms with E-state index in [0.717, 1.165) is 28.2 Å². The lowest BCUT2D eigenvalue weighted by Gasteiger charge is -2.34. The number of rotatable bonds is 10. The van der Waals surface area contributed by atoms with Crippen LogP contribution in [-0.2, 0) is 5.41 Å². The summed E-state index contributed by atoms with van der Waals surface area (Å²) in [6, 6.07) is 109. The van der Waals surface area contributed by atoms with Crippen molar-refractivity contribution in [3.05, 3.63) is 320 Å². The number of hydrogen-bond acceptors (Lipinski definition) is 1. The highest BCUT2D eigenvalue weighted by molar-refractivity contribution is 5.97. The van der Waals surface area contributed by atoms with Crippen LogP contribution in [0.3, 0.4) is 0 Å². The van der Waals surface area contributed by atoms with Crippen LogP contribution in [0.25, 0.3) is 77.5 Å². The molecule has 338 valence electrons. The fourth-order valence-corrected chi connectivity index (χ4v) is 11.4. The predicted octanol–water partition coefficient (Wildman–Crippen LogP) is 19.0. The Labute approximate surface area is 422 Å². The Hall–Kier alpha value is -9.30. The standard InChI is InChI=1S/C71H49N/c1-4-18-50(19-5-1)57-22-16-23-59(49-57)64-28-13-15-33-69(64)72(62-44-40-53(41-45-62)52-34-36-54(37-35-52)58-39-38-51-20-10-11-21-56(51)48-58)63-46-42-55(43-47-63)65-30-17-32-68-70(65)66-29-12-14-31-67(66)71(68,60-24-6-2-7-25-60)61-26-8-3-9-27-61/h1-49H. The van der Waals surface area contributed by atoms with Gasteiger partial charge in [0.25, 0.3) is 0 Å². The fourth-order valence-electron chi connectivity index (χ4n) is 11.4. The Kier molecular flexibility index (Phi) is 10.8. The SMILES string of the molecule is c1ccc(-c2cccc(-c3ccccc3N(c3ccc(-c4ccc(-c5ccc6ccccc6c5)cc4)cc3)c3ccc(-c4cccc5c4-c4ccccc4C5(c4ccccc4)c4ccccc4)cc3)c2)cc1.